The lowest BCUT2D eigenvalue weighted by Gasteiger charge is -2.16. The molecule has 2 unspecified atom stereocenters. The molecule has 28 heavy (non-hydrogen) atoms. The smallest absolute Gasteiger partial charge is 0.413 e. The fourth-order valence-electron chi connectivity index (χ4n) is 2.87. The first kappa shape index (κ1) is 19.4. The lowest BCUT2D eigenvalue weighted by Crippen LogP contribution is -2.25. The third kappa shape index (κ3) is 4.49. The Morgan fingerprint density at radius 1 is 1.04 bits per heavy atom. The number of anilines is 3. The number of hydrogen-bond donors (Lipinski definition) is 2. The number of amides is 3. The van der Waals surface area contributed by atoms with Crippen LogP contribution in [-0.2, 0) is 9.53 Å². The minimum Gasteiger partial charge on any atom is -0.452 e. The van der Waals surface area contributed by atoms with Gasteiger partial charge in [0.2, 0.25) is 5.91 Å². The second-order valence-corrected chi connectivity index (χ2v) is 6.92. The standard InChI is InChI=1S/C21H23N3O4/c1-13-11-18(13)20(26)23-16-6-4-5-14(12-16)19(25)22-15-7-9-17(10-8-15)24(2)21(27)28-3/h4-10,12-13,18H,11H2,1-3H3,(H,22,25)(H,23,26). The molecule has 1 saturated carbocycles. The molecule has 0 heterocycles. The van der Waals surface area contributed by atoms with E-state index < -0.39 is 6.09 Å². The van der Waals surface area contributed by atoms with Crippen molar-refractivity contribution in [2.45, 2.75) is 13.3 Å². The number of nitrogens with one attached hydrogen (secondary N) is 2. The first-order valence-electron chi connectivity index (χ1n) is 9.03. The number of methoxy groups -OCH3 is 1. The van der Waals surface area contributed by atoms with Crippen LogP contribution in [0.4, 0.5) is 21.9 Å². The molecule has 0 spiro atoms. The van der Waals surface area contributed by atoms with Crippen LogP contribution in [0.5, 0.6) is 0 Å². The monoisotopic (exact) mass is 381 g/mol. The van der Waals surface area contributed by atoms with Gasteiger partial charge in [-0.2, -0.15) is 0 Å². The Hall–Kier alpha value is -3.35. The number of carbonyl (C=O) groups excluding carboxylic acids is 3. The summed E-state index contributed by atoms with van der Waals surface area (Å²) in [6, 6.07) is 13.7. The van der Waals surface area contributed by atoms with Gasteiger partial charge in [0.25, 0.3) is 5.91 Å². The Kier molecular flexibility index (Phi) is 5.63. The highest BCUT2D eigenvalue weighted by Crippen LogP contribution is 2.38. The van der Waals surface area contributed by atoms with E-state index in [1.807, 2.05) is 6.92 Å². The largest absolute Gasteiger partial charge is 0.452 e. The Morgan fingerprint density at radius 3 is 2.32 bits per heavy atom. The second-order valence-electron chi connectivity index (χ2n) is 6.92. The summed E-state index contributed by atoms with van der Waals surface area (Å²) < 4.78 is 4.67. The molecule has 0 saturated heterocycles. The molecule has 7 nitrogen and oxygen atoms in total. The van der Waals surface area contributed by atoms with Crippen LogP contribution in [0.25, 0.3) is 0 Å². The second kappa shape index (κ2) is 8.12. The predicted octanol–water partition coefficient (Wildman–Crippen LogP) is 3.74. The maximum Gasteiger partial charge on any atom is 0.413 e. The SMILES string of the molecule is COC(=O)N(C)c1ccc(NC(=O)c2cccc(NC(=O)C3CC3C)c2)cc1. The number of carbonyl (C=O) groups is 3. The average Bonchev–Trinajstić information content (AvgIpc) is 3.44. The lowest BCUT2D eigenvalue weighted by atomic mass is 10.1. The number of ether oxygens (including phenoxy) is 1. The van der Waals surface area contributed by atoms with E-state index in [-0.39, 0.29) is 17.7 Å². The average molecular weight is 381 g/mol. The van der Waals surface area contributed by atoms with Gasteiger partial charge in [0.1, 0.15) is 0 Å². The number of hydrogen-bond acceptors (Lipinski definition) is 4. The minimum absolute atomic E-state index is 0.00428. The van der Waals surface area contributed by atoms with Crippen LogP contribution in [0, 0.1) is 11.8 Å². The van der Waals surface area contributed by atoms with Crippen molar-refractivity contribution in [2.24, 2.45) is 11.8 Å². The molecule has 0 aromatic heterocycles. The van der Waals surface area contributed by atoms with Crippen molar-refractivity contribution < 1.29 is 19.1 Å². The normalized spacial score (nSPS) is 17.4. The molecule has 1 aliphatic carbocycles. The fourth-order valence-corrected chi connectivity index (χ4v) is 2.87. The van der Waals surface area contributed by atoms with Crippen LogP contribution in [0.15, 0.2) is 48.5 Å². The van der Waals surface area contributed by atoms with E-state index in [4.69, 9.17) is 0 Å². The van der Waals surface area contributed by atoms with E-state index in [1.54, 1.807) is 55.6 Å². The molecule has 0 aliphatic heterocycles. The zero-order valence-electron chi connectivity index (χ0n) is 16.1. The van der Waals surface area contributed by atoms with Crippen LogP contribution in [0.2, 0.25) is 0 Å². The Bertz CT molecular complexity index is 895. The van der Waals surface area contributed by atoms with Gasteiger partial charge >= 0.3 is 6.09 Å². The van der Waals surface area contributed by atoms with Gasteiger partial charge in [-0.15, -0.1) is 0 Å². The third-order valence-electron chi connectivity index (χ3n) is 4.80. The maximum absolute atomic E-state index is 12.5. The first-order chi connectivity index (χ1) is 13.4. The molecule has 2 aromatic carbocycles. The molecular weight excluding hydrogens is 358 g/mol. The molecule has 0 radical (unpaired) electrons. The highest BCUT2D eigenvalue weighted by Gasteiger charge is 2.39. The van der Waals surface area contributed by atoms with Gasteiger partial charge < -0.3 is 15.4 Å². The van der Waals surface area contributed by atoms with E-state index >= 15 is 0 Å². The quantitative estimate of drug-likeness (QED) is 0.826. The summed E-state index contributed by atoms with van der Waals surface area (Å²) in [6.45, 7) is 2.04. The van der Waals surface area contributed by atoms with Gasteiger partial charge in [-0.25, -0.2) is 4.79 Å². The summed E-state index contributed by atoms with van der Waals surface area (Å²) in [5.41, 5.74) is 2.28. The summed E-state index contributed by atoms with van der Waals surface area (Å²) in [7, 11) is 2.91. The van der Waals surface area contributed by atoms with Gasteiger partial charge in [-0.1, -0.05) is 13.0 Å². The topological polar surface area (TPSA) is 87.7 Å². The van der Waals surface area contributed by atoms with Gasteiger partial charge in [-0.05, 0) is 54.8 Å². The summed E-state index contributed by atoms with van der Waals surface area (Å²) in [6.07, 6.45) is 0.434. The molecule has 1 aliphatic rings. The summed E-state index contributed by atoms with van der Waals surface area (Å²) in [5, 5.41) is 5.67. The minimum atomic E-state index is -0.476. The number of benzene rings is 2. The van der Waals surface area contributed by atoms with E-state index in [0.717, 1.165) is 6.42 Å². The van der Waals surface area contributed by atoms with Crippen molar-refractivity contribution in [3.63, 3.8) is 0 Å². The van der Waals surface area contributed by atoms with Crippen LogP contribution in [0.1, 0.15) is 23.7 Å². The van der Waals surface area contributed by atoms with Gasteiger partial charge in [0.05, 0.1) is 7.11 Å². The highest BCUT2D eigenvalue weighted by molar-refractivity contribution is 6.05. The predicted molar refractivity (Wildman–Crippen MR) is 108 cm³/mol. The first-order valence-corrected chi connectivity index (χ1v) is 9.03. The van der Waals surface area contributed by atoms with E-state index in [1.165, 1.54) is 12.0 Å². The van der Waals surface area contributed by atoms with Crippen LogP contribution in [0.3, 0.4) is 0 Å². The Labute approximate surface area is 163 Å². The summed E-state index contributed by atoms with van der Waals surface area (Å²) in [4.78, 5) is 37.5. The van der Waals surface area contributed by atoms with Gasteiger partial charge in [0, 0.05) is 35.6 Å². The Balaban J connectivity index is 1.63. The van der Waals surface area contributed by atoms with Crippen LogP contribution in [-0.4, -0.2) is 32.1 Å². The molecule has 2 N–H and O–H groups in total. The molecule has 0 bridgehead atoms. The van der Waals surface area contributed by atoms with E-state index in [9.17, 15) is 14.4 Å². The van der Waals surface area contributed by atoms with Crippen molar-refractivity contribution in [3.05, 3.63) is 54.1 Å². The molecule has 146 valence electrons. The van der Waals surface area contributed by atoms with Crippen molar-refractivity contribution in [2.75, 3.05) is 29.7 Å². The fraction of sp³-hybridized carbons (Fsp3) is 0.286. The van der Waals surface area contributed by atoms with Crippen LogP contribution < -0.4 is 15.5 Å². The van der Waals surface area contributed by atoms with Gasteiger partial charge in [-0.3, -0.25) is 14.5 Å². The maximum atomic E-state index is 12.5. The van der Waals surface area contributed by atoms with Crippen molar-refractivity contribution in [1.82, 2.24) is 0 Å². The molecule has 1 fully saturated rings. The zero-order valence-corrected chi connectivity index (χ0v) is 16.1. The van der Waals surface area contributed by atoms with Gasteiger partial charge in [0.15, 0.2) is 0 Å². The Morgan fingerprint density at radius 2 is 1.71 bits per heavy atom. The lowest BCUT2D eigenvalue weighted by molar-refractivity contribution is -0.117. The summed E-state index contributed by atoms with van der Waals surface area (Å²) >= 11 is 0. The van der Waals surface area contributed by atoms with E-state index in [2.05, 4.69) is 15.4 Å². The summed E-state index contributed by atoms with van der Waals surface area (Å²) in [5.74, 6) is 0.201. The van der Waals surface area contributed by atoms with Crippen molar-refractivity contribution >= 4 is 35.0 Å². The molecule has 7 heteroatoms. The molecule has 3 rings (SSSR count). The highest BCUT2D eigenvalue weighted by atomic mass is 16.5. The third-order valence-corrected chi connectivity index (χ3v) is 4.80. The van der Waals surface area contributed by atoms with Crippen molar-refractivity contribution in [3.8, 4) is 0 Å². The van der Waals surface area contributed by atoms with E-state index in [0.29, 0.717) is 28.5 Å². The number of rotatable bonds is 5. The molecule has 3 amide bonds. The molecule has 2 atom stereocenters. The molecular formula is C21H23N3O4. The number of nitrogens with zero attached hydrogens (tertiary/aromatic N) is 1. The van der Waals surface area contributed by atoms with Crippen LogP contribution >= 0.6 is 0 Å². The van der Waals surface area contributed by atoms with Crippen molar-refractivity contribution in [1.29, 1.82) is 0 Å². The molecule has 2 aromatic rings. The zero-order chi connectivity index (χ0) is 20.3.